The molecule has 1 fully saturated rings. The average Bonchev–Trinajstić information content (AvgIpc) is 3.33. The fraction of sp³-hybridized carbons (Fsp3) is 0.316. The third-order valence-corrected chi connectivity index (χ3v) is 5.24. The number of carbonyl (C=O) groups is 3. The second-order valence-corrected chi connectivity index (χ2v) is 7.42. The summed E-state index contributed by atoms with van der Waals surface area (Å²) in [4.78, 5) is 37.9. The number of thiophene rings is 1. The van der Waals surface area contributed by atoms with E-state index >= 15 is 0 Å². The number of amides is 2. The molecule has 1 aromatic heterocycles. The second kappa shape index (κ2) is 8.32. The Balaban J connectivity index is 1.55. The van der Waals surface area contributed by atoms with Crippen molar-refractivity contribution in [2.75, 3.05) is 17.2 Å². The van der Waals surface area contributed by atoms with Crippen molar-refractivity contribution in [2.24, 2.45) is 0 Å². The minimum atomic E-state index is -0.930. The molecule has 3 N–H and O–H groups in total. The molecule has 0 saturated heterocycles. The van der Waals surface area contributed by atoms with E-state index in [0.717, 1.165) is 12.8 Å². The van der Waals surface area contributed by atoms with Gasteiger partial charge in [0.2, 0.25) is 5.91 Å². The van der Waals surface area contributed by atoms with Crippen molar-refractivity contribution in [3.05, 3.63) is 46.7 Å². The number of carbonyl (C=O) groups excluding carboxylic acids is 2. The monoisotopic (exact) mass is 387 g/mol. The van der Waals surface area contributed by atoms with Gasteiger partial charge in [-0.2, -0.15) is 0 Å². The predicted octanol–water partition coefficient (Wildman–Crippen LogP) is 2.88. The van der Waals surface area contributed by atoms with Gasteiger partial charge in [0.1, 0.15) is 6.04 Å². The molecule has 7 nitrogen and oxygen atoms in total. The van der Waals surface area contributed by atoms with Crippen molar-refractivity contribution in [3.8, 4) is 0 Å². The van der Waals surface area contributed by atoms with E-state index in [-0.39, 0.29) is 24.4 Å². The number of carboxylic acids is 1. The molecule has 1 saturated carbocycles. The SMILES string of the molecule is CC(C(=O)O)N(CC(=O)Nc1ccc(NC(=O)c2cccs2)cc1)C1CC1. The maximum atomic E-state index is 12.3. The van der Waals surface area contributed by atoms with E-state index in [1.165, 1.54) is 11.3 Å². The number of carboxylic acid groups (broad SMARTS) is 1. The molecule has 1 unspecified atom stereocenters. The first-order chi connectivity index (χ1) is 12.9. The van der Waals surface area contributed by atoms with Gasteiger partial charge in [-0.3, -0.25) is 19.3 Å². The number of hydrogen-bond donors (Lipinski definition) is 3. The Morgan fingerprint density at radius 3 is 2.30 bits per heavy atom. The number of benzene rings is 1. The van der Waals surface area contributed by atoms with Crippen LogP contribution in [0.2, 0.25) is 0 Å². The highest BCUT2D eigenvalue weighted by atomic mass is 32.1. The maximum Gasteiger partial charge on any atom is 0.320 e. The van der Waals surface area contributed by atoms with E-state index in [9.17, 15) is 19.5 Å². The molecule has 3 rings (SSSR count). The van der Waals surface area contributed by atoms with Gasteiger partial charge in [0.25, 0.3) is 5.91 Å². The van der Waals surface area contributed by atoms with Gasteiger partial charge >= 0.3 is 5.97 Å². The van der Waals surface area contributed by atoms with Crippen LogP contribution in [0.3, 0.4) is 0 Å². The Bertz CT molecular complexity index is 816. The van der Waals surface area contributed by atoms with Crippen LogP contribution in [0.4, 0.5) is 11.4 Å². The molecule has 0 bridgehead atoms. The molecular weight excluding hydrogens is 366 g/mol. The smallest absolute Gasteiger partial charge is 0.320 e. The quantitative estimate of drug-likeness (QED) is 0.647. The lowest BCUT2D eigenvalue weighted by Gasteiger charge is -2.25. The lowest BCUT2D eigenvalue weighted by Crippen LogP contribution is -2.44. The number of hydrogen-bond acceptors (Lipinski definition) is 5. The van der Waals surface area contributed by atoms with Gasteiger partial charge in [-0.25, -0.2) is 0 Å². The Labute approximate surface area is 161 Å². The van der Waals surface area contributed by atoms with E-state index in [0.29, 0.717) is 16.3 Å². The van der Waals surface area contributed by atoms with Crippen LogP contribution in [0, 0.1) is 0 Å². The molecule has 27 heavy (non-hydrogen) atoms. The first kappa shape index (κ1) is 19.1. The van der Waals surface area contributed by atoms with Crippen LogP contribution in [-0.4, -0.2) is 46.4 Å². The molecule has 2 amide bonds. The largest absolute Gasteiger partial charge is 0.480 e. The van der Waals surface area contributed by atoms with Crippen molar-refractivity contribution < 1.29 is 19.5 Å². The van der Waals surface area contributed by atoms with Crippen LogP contribution < -0.4 is 10.6 Å². The third kappa shape index (κ3) is 5.15. The lowest BCUT2D eigenvalue weighted by molar-refractivity contribution is -0.143. The number of aliphatic carboxylic acids is 1. The van der Waals surface area contributed by atoms with Crippen molar-refractivity contribution in [2.45, 2.75) is 31.8 Å². The minimum Gasteiger partial charge on any atom is -0.480 e. The molecule has 2 aromatic rings. The molecule has 1 aromatic carbocycles. The zero-order chi connectivity index (χ0) is 19.4. The van der Waals surface area contributed by atoms with Gasteiger partial charge < -0.3 is 15.7 Å². The van der Waals surface area contributed by atoms with E-state index < -0.39 is 12.0 Å². The normalized spacial score (nSPS) is 14.6. The van der Waals surface area contributed by atoms with E-state index in [1.807, 2.05) is 11.4 Å². The zero-order valence-corrected chi connectivity index (χ0v) is 15.7. The summed E-state index contributed by atoms with van der Waals surface area (Å²) < 4.78 is 0. The fourth-order valence-corrected chi connectivity index (χ4v) is 3.35. The summed E-state index contributed by atoms with van der Waals surface area (Å²) in [6, 6.07) is 9.84. The maximum absolute atomic E-state index is 12.3. The van der Waals surface area contributed by atoms with Crippen LogP contribution in [0.25, 0.3) is 0 Å². The molecule has 1 heterocycles. The third-order valence-electron chi connectivity index (χ3n) is 4.37. The van der Waals surface area contributed by atoms with Crippen LogP contribution in [0.15, 0.2) is 41.8 Å². The van der Waals surface area contributed by atoms with Crippen molar-refractivity contribution in [1.29, 1.82) is 0 Å². The fourth-order valence-electron chi connectivity index (χ4n) is 2.73. The van der Waals surface area contributed by atoms with Crippen LogP contribution >= 0.6 is 11.3 Å². The summed E-state index contributed by atoms with van der Waals surface area (Å²) in [6.07, 6.45) is 1.84. The Morgan fingerprint density at radius 1 is 1.15 bits per heavy atom. The van der Waals surface area contributed by atoms with Gasteiger partial charge in [-0.05, 0) is 55.5 Å². The average molecular weight is 387 g/mol. The molecule has 0 aliphatic heterocycles. The highest BCUT2D eigenvalue weighted by molar-refractivity contribution is 7.12. The molecule has 142 valence electrons. The molecule has 0 radical (unpaired) electrons. The number of nitrogens with zero attached hydrogens (tertiary/aromatic N) is 1. The Morgan fingerprint density at radius 2 is 1.78 bits per heavy atom. The Hall–Kier alpha value is -2.71. The number of rotatable bonds is 8. The van der Waals surface area contributed by atoms with E-state index in [2.05, 4.69) is 10.6 Å². The first-order valence-corrected chi connectivity index (χ1v) is 9.55. The highest BCUT2D eigenvalue weighted by Gasteiger charge is 2.36. The standard InChI is InChI=1S/C19H21N3O4S/c1-12(19(25)26)22(15-8-9-15)11-17(23)20-13-4-6-14(7-5-13)21-18(24)16-3-2-10-27-16/h2-7,10,12,15H,8-9,11H2,1H3,(H,20,23)(H,21,24)(H,25,26). The predicted molar refractivity (Wildman–Crippen MR) is 104 cm³/mol. The summed E-state index contributed by atoms with van der Waals surface area (Å²) in [6.45, 7) is 1.63. The van der Waals surface area contributed by atoms with Gasteiger partial charge in [0, 0.05) is 17.4 Å². The highest BCUT2D eigenvalue weighted by Crippen LogP contribution is 2.28. The summed E-state index contributed by atoms with van der Waals surface area (Å²) in [5, 5.41) is 16.6. The van der Waals surface area contributed by atoms with Crippen LogP contribution in [-0.2, 0) is 9.59 Å². The molecule has 1 aliphatic rings. The van der Waals surface area contributed by atoms with Gasteiger partial charge in [0.05, 0.1) is 11.4 Å². The summed E-state index contributed by atoms with van der Waals surface area (Å²) in [7, 11) is 0. The number of anilines is 2. The first-order valence-electron chi connectivity index (χ1n) is 8.67. The molecular formula is C19H21N3O4S. The van der Waals surface area contributed by atoms with Crippen LogP contribution in [0.5, 0.6) is 0 Å². The van der Waals surface area contributed by atoms with E-state index in [1.54, 1.807) is 42.2 Å². The number of nitrogens with one attached hydrogen (secondary N) is 2. The summed E-state index contributed by atoms with van der Waals surface area (Å²) >= 11 is 1.36. The molecule has 1 aliphatic carbocycles. The summed E-state index contributed by atoms with van der Waals surface area (Å²) in [5.74, 6) is -1.37. The van der Waals surface area contributed by atoms with Crippen LogP contribution in [0.1, 0.15) is 29.4 Å². The van der Waals surface area contributed by atoms with Crippen molar-refractivity contribution in [3.63, 3.8) is 0 Å². The minimum absolute atomic E-state index is 0.0367. The van der Waals surface area contributed by atoms with Gasteiger partial charge in [-0.1, -0.05) is 6.07 Å². The summed E-state index contributed by atoms with van der Waals surface area (Å²) in [5.41, 5.74) is 1.22. The molecule has 0 spiro atoms. The van der Waals surface area contributed by atoms with Crippen molar-refractivity contribution >= 4 is 40.5 Å². The Kier molecular flexibility index (Phi) is 5.88. The zero-order valence-electron chi connectivity index (χ0n) is 14.8. The van der Waals surface area contributed by atoms with Gasteiger partial charge in [-0.15, -0.1) is 11.3 Å². The molecule has 1 atom stereocenters. The van der Waals surface area contributed by atoms with Crippen molar-refractivity contribution in [1.82, 2.24) is 4.90 Å². The van der Waals surface area contributed by atoms with Gasteiger partial charge in [0.15, 0.2) is 0 Å². The topological polar surface area (TPSA) is 98.7 Å². The molecule has 8 heteroatoms. The lowest BCUT2D eigenvalue weighted by atomic mass is 10.2. The van der Waals surface area contributed by atoms with E-state index in [4.69, 9.17) is 0 Å². The second-order valence-electron chi connectivity index (χ2n) is 6.47.